The molecule has 29 heavy (non-hydrogen) atoms. The second-order valence-corrected chi connectivity index (χ2v) is 7.74. The highest BCUT2D eigenvalue weighted by Crippen LogP contribution is 2.34. The molecule has 0 fully saturated rings. The largest absolute Gasteiger partial charge is 0.480 e. The third-order valence-corrected chi connectivity index (χ3v) is 5.54. The molecule has 3 aromatic rings. The number of Topliss-reactive ketones (excluding diaryl/α,β-unsaturated/α-hetero) is 1. The van der Waals surface area contributed by atoms with Crippen LogP contribution in [0.5, 0.6) is 0 Å². The number of hydrogen-bond acceptors (Lipinski definition) is 5. The van der Waals surface area contributed by atoms with Crippen LogP contribution >= 0.6 is 15.9 Å². The van der Waals surface area contributed by atoms with E-state index in [4.69, 9.17) is 10.1 Å². The number of aromatic amines is 1. The number of fused-ring (bicyclic) bond motifs is 1. The fourth-order valence-electron chi connectivity index (χ4n) is 3.31. The minimum Gasteiger partial charge on any atom is -0.480 e. The Bertz CT molecular complexity index is 1160. The van der Waals surface area contributed by atoms with Gasteiger partial charge in [0.2, 0.25) is 5.90 Å². The quantitative estimate of drug-likeness (QED) is 0.423. The van der Waals surface area contributed by atoms with Crippen molar-refractivity contribution in [3.05, 3.63) is 70.1 Å². The lowest BCUT2D eigenvalue weighted by Crippen LogP contribution is -2.12. The fraction of sp³-hybridized carbons (Fsp3) is 0.182. The maximum Gasteiger partial charge on any atom is 0.229 e. The third-order valence-electron chi connectivity index (χ3n) is 4.88. The molecule has 7 heteroatoms. The fourth-order valence-corrected chi connectivity index (χ4v) is 3.89. The van der Waals surface area contributed by atoms with Crippen LogP contribution in [0.15, 0.2) is 58.3 Å². The van der Waals surface area contributed by atoms with E-state index in [1.54, 1.807) is 12.4 Å². The molecule has 6 nitrogen and oxygen atoms in total. The monoisotopic (exact) mass is 450 g/mol. The van der Waals surface area contributed by atoms with Gasteiger partial charge in [0.15, 0.2) is 5.78 Å². The topological polar surface area (TPSA) is 91.2 Å². The van der Waals surface area contributed by atoms with Crippen molar-refractivity contribution in [2.24, 2.45) is 4.99 Å². The van der Waals surface area contributed by atoms with Crippen LogP contribution in [0, 0.1) is 5.41 Å². The van der Waals surface area contributed by atoms with Crippen LogP contribution in [0.2, 0.25) is 0 Å². The lowest BCUT2D eigenvalue weighted by atomic mass is 10.1. The number of pyridine rings is 1. The van der Waals surface area contributed by atoms with Crippen molar-refractivity contribution < 1.29 is 9.53 Å². The van der Waals surface area contributed by atoms with Gasteiger partial charge in [0.1, 0.15) is 5.69 Å². The number of nitrogens with one attached hydrogen (secondary N) is 2. The first-order valence-corrected chi connectivity index (χ1v) is 9.99. The van der Waals surface area contributed by atoms with Crippen molar-refractivity contribution in [3.8, 4) is 0 Å². The Morgan fingerprint density at radius 2 is 2.03 bits per heavy atom. The Morgan fingerprint density at radius 1 is 1.24 bits per heavy atom. The molecule has 0 amide bonds. The Morgan fingerprint density at radius 3 is 2.79 bits per heavy atom. The molecule has 0 atom stereocenters. The van der Waals surface area contributed by atoms with E-state index in [0.29, 0.717) is 30.7 Å². The Kier molecular flexibility index (Phi) is 5.40. The Labute approximate surface area is 176 Å². The number of allylic oxidation sites excluding steroid dienone is 1. The average Bonchev–Trinajstić information content (AvgIpc) is 3.35. The molecule has 0 bridgehead atoms. The summed E-state index contributed by atoms with van der Waals surface area (Å²) in [4.78, 5) is 24.4. The zero-order valence-electron chi connectivity index (χ0n) is 15.8. The molecule has 3 heterocycles. The number of nitrogens with zero attached hydrogens (tertiary/aromatic N) is 2. The number of aliphatic imine (C=N–C) groups is 1. The zero-order valence-corrected chi connectivity index (χ0v) is 17.4. The molecule has 4 rings (SSSR count). The van der Waals surface area contributed by atoms with E-state index >= 15 is 0 Å². The predicted octanol–water partition coefficient (Wildman–Crippen LogP) is 4.64. The molecule has 1 aliphatic heterocycles. The van der Waals surface area contributed by atoms with Gasteiger partial charge in [-0.15, -0.1) is 0 Å². The second-order valence-electron chi connectivity index (χ2n) is 6.79. The molecule has 2 N–H and O–H groups in total. The molecule has 146 valence electrons. The molecule has 0 unspecified atom stereocenters. The molecule has 0 saturated heterocycles. The highest BCUT2D eigenvalue weighted by atomic mass is 79.9. The molecule has 2 aromatic heterocycles. The van der Waals surface area contributed by atoms with Gasteiger partial charge in [0.25, 0.3) is 0 Å². The summed E-state index contributed by atoms with van der Waals surface area (Å²) in [6, 6.07) is 11.6. The van der Waals surface area contributed by atoms with E-state index in [0.717, 1.165) is 32.2 Å². The van der Waals surface area contributed by atoms with Crippen LogP contribution in [0.1, 0.15) is 29.7 Å². The lowest BCUT2D eigenvalue weighted by molar-refractivity contribution is -0.113. The zero-order chi connectivity index (χ0) is 20.4. The normalized spacial score (nSPS) is 13.7. The van der Waals surface area contributed by atoms with Crippen molar-refractivity contribution in [2.75, 3.05) is 7.11 Å². The van der Waals surface area contributed by atoms with Gasteiger partial charge in [-0.05, 0) is 42.3 Å². The highest BCUT2D eigenvalue weighted by molar-refractivity contribution is 9.11. The standard InChI is InChI=1S/C22H19BrN4O2/c1-29-22(24)19-11-15-10-14(3-4-17(15)26-19)21-16(23)12-18(27-21)20(28)5-2-13-6-8-25-9-7-13/h3-4,6-11,24,26H,2,5,12H2,1H3. The molecule has 0 saturated carbocycles. The number of halogens is 1. The number of methoxy groups -OCH3 is 1. The van der Waals surface area contributed by atoms with E-state index < -0.39 is 0 Å². The molecular formula is C22H19BrN4O2. The lowest BCUT2D eigenvalue weighted by Gasteiger charge is -2.02. The number of carbonyl (C=O) groups excluding carboxylic acids is 1. The van der Waals surface area contributed by atoms with Crippen molar-refractivity contribution in [1.29, 1.82) is 5.41 Å². The van der Waals surface area contributed by atoms with Crippen molar-refractivity contribution in [2.45, 2.75) is 19.3 Å². The molecule has 1 aliphatic rings. The van der Waals surface area contributed by atoms with Crippen LogP contribution in [0.25, 0.3) is 16.6 Å². The van der Waals surface area contributed by atoms with Gasteiger partial charge in [0.05, 0.1) is 18.5 Å². The number of benzene rings is 1. The number of carbonyl (C=O) groups is 1. The summed E-state index contributed by atoms with van der Waals surface area (Å²) in [5.74, 6) is 0.149. The van der Waals surface area contributed by atoms with Crippen molar-refractivity contribution in [1.82, 2.24) is 9.97 Å². The number of rotatable bonds is 6. The summed E-state index contributed by atoms with van der Waals surface area (Å²) < 4.78 is 5.89. The number of ether oxygens (including phenoxy) is 1. The first-order valence-electron chi connectivity index (χ1n) is 9.19. The van der Waals surface area contributed by atoms with Gasteiger partial charge < -0.3 is 9.72 Å². The van der Waals surface area contributed by atoms with E-state index in [1.807, 2.05) is 36.4 Å². The van der Waals surface area contributed by atoms with E-state index in [9.17, 15) is 4.79 Å². The second kappa shape index (κ2) is 8.13. The number of aromatic nitrogens is 2. The van der Waals surface area contributed by atoms with Crippen LogP contribution in [-0.4, -0.2) is 34.5 Å². The molecule has 0 radical (unpaired) electrons. The minimum absolute atomic E-state index is 0.0623. The number of H-pyrrole nitrogens is 1. The Hall–Kier alpha value is -3.06. The van der Waals surface area contributed by atoms with E-state index in [-0.39, 0.29) is 11.7 Å². The van der Waals surface area contributed by atoms with Crippen LogP contribution in [0.3, 0.4) is 0 Å². The van der Waals surface area contributed by atoms with Crippen LogP contribution < -0.4 is 0 Å². The summed E-state index contributed by atoms with van der Waals surface area (Å²) in [5, 5.41) is 8.76. The van der Waals surface area contributed by atoms with Crippen molar-refractivity contribution in [3.63, 3.8) is 0 Å². The summed E-state index contributed by atoms with van der Waals surface area (Å²) in [6.07, 6.45) is 5.08. The van der Waals surface area contributed by atoms with E-state index in [2.05, 4.69) is 30.9 Å². The summed E-state index contributed by atoms with van der Waals surface area (Å²) in [7, 11) is 1.47. The molecular weight excluding hydrogens is 432 g/mol. The third kappa shape index (κ3) is 4.05. The summed E-state index contributed by atoms with van der Waals surface area (Å²) >= 11 is 3.59. The van der Waals surface area contributed by atoms with E-state index in [1.165, 1.54) is 7.11 Å². The summed E-state index contributed by atoms with van der Waals surface area (Å²) in [6.45, 7) is 0. The SMILES string of the molecule is COC(=N)c1cc2cc(C3=C(Br)CC(C(=O)CCc4ccncc4)=N3)ccc2[nH]1. The van der Waals surface area contributed by atoms with Crippen molar-refractivity contribution >= 4 is 49.9 Å². The first-order chi connectivity index (χ1) is 14.0. The number of aryl methyl sites for hydroxylation is 1. The van der Waals surface area contributed by atoms with Crippen LogP contribution in [0.4, 0.5) is 0 Å². The van der Waals surface area contributed by atoms with Gasteiger partial charge in [-0.1, -0.05) is 22.0 Å². The maximum atomic E-state index is 12.6. The average molecular weight is 451 g/mol. The van der Waals surface area contributed by atoms with Gasteiger partial charge in [-0.3, -0.25) is 15.2 Å². The van der Waals surface area contributed by atoms with Gasteiger partial charge in [-0.25, -0.2) is 4.99 Å². The first kappa shape index (κ1) is 19.3. The van der Waals surface area contributed by atoms with Gasteiger partial charge >= 0.3 is 0 Å². The van der Waals surface area contributed by atoms with Gasteiger partial charge in [0, 0.05) is 46.2 Å². The minimum atomic E-state index is 0.0623. The Balaban J connectivity index is 1.53. The number of ketones is 1. The summed E-state index contributed by atoms with van der Waals surface area (Å²) in [5.41, 5.74) is 4.92. The highest BCUT2D eigenvalue weighted by Gasteiger charge is 2.22. The molecule has 0 aliphatic carbocycles. The predicted molar refractivity (Wildman–Crippen MR) is 118 cm³/mol. The maximum absolute atomic E-state index is 12.6. The smallest absolute Gasteiger partial charge is 0.229 e. The number of hydrogen-bond donors (Lipinski definition) is 2. The molecule has 1 aromatic carbocycles. The van der Waals surface area contributed by atoms with Crippen LogP contribution in [-0.2, 0) is 16.0 Å². The molecule has 0 spiro atoms. The van der Waals surface area contributed by atoms with Gasteiger partial charge in [-0.2, -0.15) is 0 Å².